The van der Waals surface area contributed by atoms with Crippen molar-refractivity contribution in [1.29, 1.82) is 0 Å². The van der Waals surface area contributed by atoms with Crippen LogP contribution in [0.5, 0.6) is 5.75 Å². The summed E-state index contributed by atoms with van der Waals surface area (Å²) in [6.45, 7) is 0.662. The van der Waals surface area contributed by atoms with Crippen molar-refractivity contribution in [2.45, 2.75) is 16.8 Å². The number of aromatic hydroxyl groups is 1. The van der Waals surface area contributed by atoms with Crippen LogP contribution >= 0.6 is 11.8 Å². The molecule has 3 nitrogen and oxygen atoms in total. The van der Waals surface area contributed by atoms with E-state index in [1.54, 1.807) is 23.9 Å². The molecule has 0 spiro atoms. The van der Waals surface area contributed by atoms with Gasteiger partial charge in [0, 0.05) is 11.3 Å². The first kappa shape index (κ1) is 8.87. The summed E-state index contributed by atoms with van der Waals surface area (Å²) >= 11 is 1.60. The molecule has 2 rings (SSSR count). The van der Waals surface area contributed by atoms with Gasteiger partial charge < -0.3 is 5.11 Å². The van der Waals surface area contributed by atoms with Gasteiger partial charge in [-0.25, -0.2) is 9.78 Å². The van der Waals surface area contributed by atoms with E-state index in [2.05, 4.69) is 0 Å². The second kappa shape index (κ2) is 4.00. The third kappa shape index (κ3) is 2.37. The molecule has 1 fully saturated rings. The molecule has 1 unspecified atom stereocenters. The van der Waals surface area contributed by atoms with E-state index in [1.807, 2.05) is 12.1 Å². The summed E-state index contributed by atoms with van der Waals surface area (Å²) < 4.78 is 0. The lowest BCUT2D eigenvalue weighted by Gasteiger charge is -2.05. The van der Waals surface area contributed by atoms with Crippen LogP contribution in [0.15, 0.2) is 29.2 Å². The average Bonchev–Trinajstić information content (AvgIpc) is 2.62. The Kier molecular flexibility index (Phi) is 2.73. The molecule has 0 bridgehead atoms. The maximum Gasteiger partial charge on any atom is 0.145 e. The normalized spacial score (nSPS) is 22.0. The summed E-state index contributed by atoms with van der Waals surface area (Å²) in [7, 11) is 0. The first-order valence-corrected chi connectivity index (χ1v) is 4.96. The highest BCUT2D eigenvalue weighted by Gasteiger charge is 2.18. The summed E-state index contributed by atoms with van der Waals surface area (Å²) in [5.74, 6) is 0.285. The van der Waals surface area contributed by atoms with Crippen LogP contribution in [0.4, 0.5) is 0 Å². The maximum absolute atomic E-state index is 9.05. The fourth-order valence-electron chi connectivity index (χ4n) is 1.07. The third-order valence-electron chi connectivity index (χ3n) is 1.72. The van der Waals surface area contributed by atoms with Gasteiger partial charge in [-0.15, -0.1) is 0 Å². The summed E-state index contributed by atoms with van der Waals surface area (Å²) in [6.07, 6.45) is 0.908. The van der Waals surface area contributed by atoms with E-state index in [9.17, 15) is 0 Å². The van der Waals surface area contributed by atoms with E-state index < -0.39 is 0 Å². The number of hydrogen-bond acceptors (Lipinski definition) is 4. The molecule has 0 aliphatic carbocycles. The monoisotopic (exact) mass is 198 g/mol. The van der Waals surface area contributed by atoms with E-state index in [-0.39, 0.29) is 11.2 Å². The van der Waals surface area contributed by atoms with Crippen molar-refractivity contribution in [2.24, 2.45) is 0 Å². The Morgan fingerprint density at radius 2 is 2.08 bits per heavy atom. The summed E-state index contributed by atoms with van der Waals surface area (Å²) in [5.41, 5.74) is 0.0875. The van der Waals surface area contributed by atoms with Gasteiger partial charge in [0.25, 0.3) is 0 Å². The molecule has 1 heterocycles. The summed E-state index contributed by atoms with van der Waals surface area (Å²) in [4.78, 5) is 10.8. The van der Waals surface area contributed by atoms with Crippen LogP contribution in [0.3, 0.4) is 0 Å². The Morgan fingerprint density at radius 3 is 2.69 bits per heavy atom. The van der Waals surface area contributed by atoms with Gasteiger partial charge in [0.1, 0.15) is 11.2 Å². The number of hydrogen-bond donors (Lipinski definition) is 1. The Morgan fingerprint density at radius 1 is 1.31 bits per heavy atom. The van der Waals surface area contributed by atoms with Gasteiger partial charge in [-0.1, -0.05) is 11.8 Å². The fraction of sp³-hybridized carbons (Fsp3) is 0.333. The smallest absolute Gasteiger partial charge is 0.145 e. The molecule has 1 N–H and O–H groups in total. The van der Waals surface area contributed by atoms with Crippen LogP contribution in [0.25, 0.3) is 0 Å². The van der Waals surface area contributed by atoms with E-state index in [0.29, 0.717) is 6.61 Å². The van der Waals surface area contributed by atoms with E-state index in [0.717, 1.165) is 11.3 Å². The molecule has 1 aromatic rings. The second-order valence-electron chi connectivity index (χ2n) is 2.75. The van der Waals surface area contributed by atoms with Crippen molar-refractivity contribution in [3.05, 3.63) is 24.3 Å². The molecule has 4 heteroatoms. The second-order valence-corrected chi connectivity index (χ2v) is 3.98. The predicted octanol–water partition coefficient (Wildman–Crippen LogP) is 2.16. The molecule has 0 radical (unpaired) electrons. The Hall–Kier alpha value is -0.710. The molecule has 1 saturated heterocycles. The zero-order valence-corrected chi connectivity index (χ0v) is 7.79. The molecule has 13 heavy (non-hydrogen) atoms. The highest BCUT2D eigenvalue weighted by Crippen LogP contribution is 2.30. The van der Waals surface area contributed by atoms with Crippen LogP contribution in [-0.2, 0) is 9.78 Å². The van der Waals surface area contributed by atoms with Crippen LogP contribution in [0, 0.1) is 0 Å². The average molecular weight is 198 g/mol. The molecule has 1 aliphatic heterocycles. The van der Waals surface area contributed by atoms with Gasteiger partial charge in [0.2, 0.25) is 0 Å². The molecular weight excluding hydrogens is 188 g/mol. The lowest BCUT2D eigenvalue weighted by molar-refractivity contribution is -0.256. The molecule has 0 aromatic heterocycles. The van der Waals surface area contributed by atoms with Crippen LogP contribution < -0.4 is 0 Å². The summed E-state index contributed by atoms with van der Waals surface area (Å²) in [6, 6.07) is 7.06. The van der Waals surface area contributed by atoms with Gasteiger partial charge in [-0.2, -0.15) is 0 Å². The standard InChI is InChI=1S/C9H10O3S/c10-7-1-3-8(4-2-7)13-9-5-6-11-12-9/h1-4,9-10H,5-6H2. The number of thioether (sulfide) groups is 1. The molecule has 0 amide bonds. The van der Waals surface area contributed by atoms with Gasteiger partial charge in [-0.3, -0.25) is 0 Å². The van der Waals surface area contributed by atoms with Crippen molar-refractivity contribution in [3.63, 3.8) is 0 Å². The summed E-state index contributed by atoms with van der Waals surface area (Å²) in [5, 5.41) is 9.05. The molecular formula is C9H10O3S. The minimum absolute atomic E-state index is 0.0875. The Balaban J connectivity index is 1.97. The van der Waals surface area contributed by atoms with Gasteiger partial charge in [0.15, 0.2) is 0 Å². The SMILES string of the molecule is Oc1ccc(SC2CCOO2)cc1. The largest absolute Gasteiger partial charge is 0.508 e. The first-order chi connectivity index (χ1) is 6.34. The van der Waals surface area contributed by atoms with E-state index in [1.165, 1.54) is 0 Å². The fourth-order valence-corrected chi connectivity index (χ4v) is 1.98. The number of benzene rings is 1. The van der Waals surface area contributed by atoms with E-state index >= 15 is 0 Å². The Labute approximate surface area is 80.6 Å². The van der Waals surface area contributed by atoms with Crippen molar-refractivity contribution in [2.75, 3.05) is 6.61 Å². The minimum atomic E-state index is 0.0875. The van der Waals surface area contributed by atoms with Gasteiger partial charge in [-0.05, 0) is 24.3 Å². The predicted molar refractivity (Wildman–Crippen MR) is 49.4 cm³/mol. The zero-order chi connectivity index (χ0) is 9.10. The molecule has 0 saturated carbocycles. The van der Waals surface area contributed by atoms with Gasteiger partial charge >= 0.3 is 0 Å². The van der Waals surface area contributed by atoms with Gasteiger partial charge in [0.05, 0.1) is 6.61 Å². The van der Waals surface area contributed by atoms with Crippen LogP contribution in [0.2, 0.25) is 0 Å². The van der Waals surface area contributed by atoms with Crippen molar-refractivity contribution >= 4 is 11.8 Å². The third-order valence-corrected chi connectivity index (χ3v) is 2.84. The van der Waals surface area contributed by atoms with E-state index in [4.69, 9.17) is 14.9 Å². The first-order valence-electron chi connectivity index (χ1n) is 4.08. The topological polar surface area (TPSA) is 38.7 Å². The highest BCUT2D eigenvalue weighted by atomic mass is 32.2. The van der Waals surface area contributed by atoms with Crippen LogP contribution in [0.1, 0.15) is 6.42 Å². The molecule has 1 aliphatic rings. The Bertz CT molecular complexity index is 267. The van der Waals surface area contributed by atoms with Crippen molar-refractivity contribution < 1.29 is 14.9 Å². The molecule has 1 atom stereocenters. The lowest BCUT2D eigenvalue weighted by atomic mass is 10.3. The number of rotatable bonds is 2. The van der Waals surface area contributed by atoms with Crippen molar-refractivity contribution in [3.8, 4) is 5.75 Å². The zero-order valence-electron chi connectivity index (χ0n) is 6.97. The van der Waals surface area contributed by atoms with Crippen LogP contribution in [-0.4, -0.2) is 17.1 Å². The number of phenols is 1. The molecule has 70 valence electrons. The lowest BCUT2D eigenvalue weighted by Crippen LogP contribution is -1.96. The molecule has 1 aromatic carbocycles. The minimum Gasteiger partial charge on any atom is -0.508 e. The quantitative estimate of drug-likeness (QED) is 0.739. The van der Waals surface area contributed by atoms with Crippen molar-refractivity contribution in [1.82, 2.24) is 0 Å². The maximum atomic E-state index is 9.05. The highest BCUT2D eigenvalue weighted by molar-refractivity contribution is 7.99. The number of phenolic OH excluding ortho intramolecular Hbond substituents is 1.